The molecule has 0 spiro atoms. The number of benzene rings is 2. The summed E-state index contributed by atoms with van der Waals surface area (Å²) in [6.45, 7) is 2.35. The predicted molar refractivity (Wildman–Crippen MR) is 172 cm³/mol. The van der Waals surface area contributed by atoms with Gasteiger partial charge in [-0.2, -0.15) is 13.2 Å². The lowest BCUT2D eigenvalue weighted by Crippen LogP contribution is -2.34. The van der Waals surface area contributed by atoms with Crippen LogP contribution in [0.4, 0.5) is 19.0 Å². The molecule has 250 valence electrons. The average molecular weight is 673 g/mol. The molecule has 1 N–H and O–H groups in total. The fourth-order valence-corrected chi connectivity index (χ4v) is 4.49. The molecule has 1 amide bonds. The number of methoxy groups -OCH3 is 2. The molecular formula is C35H27F3N4O7. The molecule has 0 bridgehead atoms. The van der Waals surface area contributed by atoms with Gasteiger partial charge in [-0.1, -0.05) is 30.0 Å². The van der Waals surface area contributed by atoms with Gasteiger partial charge in [0.1, 0.15) is 22.9 Å². The van der Waals surface area contributed by atoms with Crippen molar-refractivity contribution in [3.8, 4) is 40.5 Å². The van der Waals surface area contributed by atoms with E-state index in [0.29, 0.717) is 39.6 Å². The number of pyridine rings is 3. The van der Waals surface area contributed by atoms with Crippen LogP contribution < -0.4 is 25.1 Å². The lowest BCUT2D eigenvalue weighted by molar-refractivity contribution is -0.207. The van der Waals surface area contributed by atoms with E-state index in [9.17, 15) is 27.6 Å². The number of ether oxygens (including phenoxy) is 4. The quantitative estimate of drug-likeness (QED) is 0.154. The monoisotopic (exact) mass is 672 g/mol. The van der Waals surface area contributed by atoms with Gasteiger partial charge in [0.2, 0.25) is 0 Å². The zero-order valence-electron chi connectivity index (χ0n) is 26.4. The van der Waals surface area contributed by atoms with Crippen molar-refractivity contribution in [3.63, 3.8) is 0 Å². The summed E-state index contributed by atoms with van der Waals surface area (Å²) >= 11 is 0. The van der Waals surface area contributed by atoms with Crippen LogP contribution in [0.25, 0.3) is 16.6 Å². The molecule has 0 unspecified atom stereocenters. The molecule has 49 heavy (non-hydrogen) atoms. The molecule has 14 heteroatoms. The van der Waals surface area contributed by atoms with Crippen molar-refractivity contribution in [2.24, 2.45) is 0 Å². The highest BCUT2D eigenvalue weighted by molar-refractivity contribution is 6.03. The first-order chi connectivity index (χ1) is 23.3. The molecule has 0 fully saturated rings. The molecule has 11 nitrogen and oxygen atoms in total. The van der Waals surface area contributed by atoms with Gasteiger partial charge < -0.3 is 24.3 Å². The molecule has 0 aliphatic carbocycles. The van der Waals surface area contributed by atoms with Crippen LogP contribution in [-0.4, -0.2) is 52.4 Å². The maximum absolute atomic E-state index is 13.5. The number of fused-ring (bicyclic) bond motifs is 1. The normalized spacial score (nSPS) is 11.2. The Morgan fingerprint density at radius 3 is 2.27 bits per heavy atom. The van der Waals surface area contributed by atoms with Crippen molar-refractivity contribution in [1.29, 1.82) is 0 Å². The molecule has 5 rings (SSSR count). The minimum Gasteiger partial charge on any atom is -0.493 e. The summed E-state index contributed by atoms with van der Waals surface area (Å²) in [5.74, 6) is 3.70. The van der Waals surface area contributed by atoms with Gasteiger partial charge in [0.05, 0.1) is 25.9 Å². The largest absolute Gasteiger partial charge is 0.493 e. The van der Waals surface area contributed by atoms with Crippen LogP contribution in [-0.2, 0) is 9.53 Å². The van der Waals surface area contributed by atoms with Crippen molar-refractivity contribution < 1.29 is 41.7 Å². The lowest BCUT2D eigenvalue weighted by Gasteiger charge is -2.19. The first-order valence-electron chi connectivity index (χ1n) is 14.4. The van der Waals surface area contributed by atoms with Crippen molar-refractivity contribution in [2.75, 3.05) is 19.5 Å². The number of amides is 1. The fourth-order valence-electron chi connectivity index (χ4n) is 4.49. The van der Waals surface area contributed by atoms with Gasteiger partial charge in [-0.15, -0.1) is 0 Å². The van der Waals surface area contributed by atoms with Gasteiger partial charge >= 0.3 is 12.1 Å². The molecular weight excluding hydrogens is 645 g/mol. The molecule has 3 aromatic heterocycles. The van der Waals surface area contributed by atoms with Gasteiger partial charge in [-0.3, -0.25) is 19.1 Å². The van der Waals surface area contributed by atoms with E-state index in [1.54, 1.807) is 60.8 Å². The van der Waals surface area contributed by atoms with E-state index >= 15 is 0 Å². The number of rotatable bonds is 8. The highest BCUT2D eigenvalue weighted by Gasteiger charge is 2.43. The molecule has 3 heterocycles. The zero-order valence-corrected chi connectivity index (χ0v) is 26.4. The molecule has 0 aliphatic rings. The Hall–Kier alpha value is -6.36. The van der Waals surface area contributed by atoms with Crippen LogP contribution >= 0.6 is 0 Å². The van der Waals surface area contributed by atoms with Crippen molar-refractivity contribution >= 4 is 28.6 Å². The Kier molecular flexibility index (Phi) is 9.56. The number of carbonyl (C=O) groups is 2. The fraction of sp³-hybridized carbons (Fsp3) is 0.171. The van der Waals surface area contributed by atoms with Crippen LogP contribution in [0.3, 0.4) is 0 Å². The standard InChI is InChI=1S/C35H27F3N4O7/c1-34(2,49-33(45)35(36,37)38)14-12-21-16-25(32(44)42(20-21)22-8-6-5-7-9-22)31(43)41-30-11-10-23(19-40-30)48-27-13-15-39-26-18-29(47-4)28(46-3)17-24(26)27/h5-11,13,15-20H,1-4H3,(H,40,41,43). The first-order valence-corrected chi connectivity index (χ1v) is 14.4. The van der Waals surface area contributed by atoms with E-state index < -0.39 is 29.2 Å². The predicted octanol–water partition coefficient (Wildman–Crippen LogP) is 6.08. The van der Waals surface area contributed by atoms with Gasteiger partial charge in [0, 0.05) is 35.1 Å². The third-order valence-electron chi connectivity index (χ3n) is 6.80. The maximum Gasteiger partial charge on any atom is 0.490 e. The Morgan fingerprint density at radius 1 is 0.898 bits per heavy atom. The number of hydrogen-bond acceptors (Lipinski definition) is 9. The molecule has 0 radical (unpaired) electrons. The minimum absolute atomic E-state index is 0.0836. The van der Waals surface area contributed by atoms with Gasteiger partial charge in [0.15, 0.2) is 17.1 Å². The third kappa shape index (κ3) is 7.96. The minimum atomic E-state index is -5.21. The molecule has 2 aromatic carbocycles. The van der Waals surface area contributed by atoms with E-state index in [-0.39, 0.29) is 16.9 Å². The summed E-state index contributed by atoms with van der Waals surface area (Å²) in [5, 5.41) is 3.22. The molecule has 0 aliphatic heterocycles. The average Bonchev–Trinajstić information content (AvgIpc) is 3.08. The van der Waals surface area contributed by atoms with Crippen molar-refractivity contribution in [2.45, 2.75) is 25.6 Å². The molecule has 0 saturated carbocycles. The second-order valence-electron chi connectivity index (χ2n) is 10.8. The number of para-hydroxylation sites is 1. The third-order valence-corrected chi connectivity index (χ3v) is 6.80. The summed E-state index contributed by atoms with van der Waals surface area (Å²) < 4.78 is 60.7. The number of aromatic nitrogens is 3. The second-order valence-corrected chi connectivity index (χ2v) is 10.8. The zero-order chi connectivity index (χ0) is 35.3. The second kappa shape index (κ2) is 13.8. The van der Waals surface area contributed by atoms with Crippen LogP contribution in [0.15, 0.2) is 90.1 Å². The summed E-state index contributed by atoms with van der Waals surface area (Å²) in [7, 11) is 3.03. The molecule has 0 atom stereocenters. The Morgan fingerprint density at radius 2 is 1.61 bits per heavy atom. The molecule has 0 saturated heterocycles. The Balaban J connectivity index is 1.41. The summed E-state index contributed by atoms with van der Waals surface area (Å²) in [5.41, 5.74) is -1.81. The van der Waals surface area contributed by atoms with Gasteiger partial charge in [-0.05, 0) is 56.3 Å². The van der Waals surface area contributed by atoms with Gasteiger partial charge in [0.25, 0.3) is 11.5 Å². The number of esters is 1. The van der Waals surface area contributed by atoms with E-state index in [4.69, 9.17) is 14.2 Å². The summed E-state index contributed by atoms with van der Waals surface area (Å²) in [6, 6.07) is 17.6. The van der Waals surface area contributed by atoms with Crippen LogP contribution in [0.1, 0.15) is 29.8 Å². The van der Waals surface area contributed by atoms with Crippen LogP contribution in [0.5, 0.6) is 23.0 Å². The SMILES string of the molecule is COc1cc2nccc(Oc3ccc(NC(=O)c4cc(C#CC(C)(C)OC(=O)C(F)(F)F)cn(-c5ccccc5)c4=O)nc3)c2cc1OC. The van der Waals surface area contributed by atoms with Crippen molar-refractivity contribution in [1.82, 2.24) is 14.5 Å². The topological polar surface area (TPSA) is 131 Å². The highest BCUT2D eigenvalue weighted by atomic mass is 19.4. The van der Waals surface area contributed by atoms with E-state index in [1.807, 2.05) is 0 Å². The lowest BCUT2D eigenvalue weighted by atomic mass is 10.1. The number of hydrogen-bond donors (Lipinski definition) is 1. The van der Waals surface area contributed by atoms with Gasteiger partial charge in [-0.25, -0.2) is 9.78 Å². The number of alkyl halides is 3. The smallest absolute Gasteiger partial charge is 0.490 e. The number of carbonyl (C=O) groups excluding carboxylic acids is 2. The van der Waals surface area contributed by atoms with E-state index in [2.05, 4.69) is 31.9 Å². The van der Waals surface area contributed by atoms with Crippen LogP contribution in [0, 0.1) is 11.8 Å². The Labute approximate surface area is 277 Å². The summed E-state index contributed by atoms with van der Waals surface area (Å²) in [4.78, 5) is 46.8. The number of nitrogens with one attached hydrogen (secondary N) is 1. The number of halogens is 3. The number of anilines is 1. The summed E-state index contributed by atoms with van der Waals surface area (Å²) in [6.07, 6.45) is -0.944. The highest BCUT2D eigenvalue weighted by Crippen LogP contribution is 2.36. The van der Waals surface area contributed by atoms with E-state index in [0.717, 1.165) is 0 Å². The van der Waals surface area contributed by atoms with E-state index in [1.165, 1.54) is 57.2 Å². The van der Waals surface area contributed by atoms with Crippen molar-refractivity contribution in [3.05, 3.63) is 107 Å². The van der Waals surface area contributed by atoms with Crippen LogP contribution in [0.2, 0.25) is 0 Å². The first kappa shape index (κ1) is 34.0. The Bertz CT molecular complexity index is 2160. The number of nitrogens with zero attached hydrogens (tertiary/aromatic N) is 3. The maximum atomic E-state index is 13.5. The molecule has 5 aromatic rings.